The largest absolute Gasteiger partial charge is 0.480 e. The number of hydrogen-bond acceptors (Lipinski definition) is 3. The molecule has 5 heteroatoms. The quantitative estimate of drug-likeness (QED) is 0.699. The summed E-state index contributed by atoms with van der Waals surface area (Å²) in [4.78, 5) is 25.7. The fourth-order valence-electron chi connectivity index (χ4n) is 1.90. The van der Waals surface area contributed by atoms with Crippen LogP contribution in [-0.2, 0) is 9.59 Å². The van der Waals surface area contributed by atoms with Gasteiger partial charge in [-0.3, -0.25) is 14.5 Å². The van der Waals surface area contributed by atoms with E-state index in [9.17, 15) is 9.59 Å². The Morgan fingerprint density at radius 3 is 2.72 bits per heavy atom. The summed E-state index contributed by atoms with van der Waals surface area (Å²) in [6, 6.07) is 0. The molecule has 0 radical (unpaired) electrons. The van der Waals surface area contributed by atoms with Crippen molar-refractivity contribution >= 4 is 11.9 Å². The van der Waals surface area contributed by atoms with Gasteiger partial charge in [-0.15, -0.1) is 6.42 Å². The molecular weight excluding hydrogens is 232 g/mol. The second-order valence-electron chi connectivity index (χ2n) is 4.28. The molecule has 1 amide bonds. The third-order valence-electron chi connectivity index (χ3n) is 2.85. The summed E-state index contributed by atoms with van der Waals surface area (Å²) in [6.45, 7) is -0.0297. The van der Waals surface area contributed by atoms with E-state index < -0.39 is 5.97 Å². The summed E-state index contributed by atoms with van der Waals surface area (Å²) < 4.78 is 0. The highest BCUT2D eigenvalue weighted by molar-refractivity contribution is 5.80. The van der Waals surface area contributed by atoms with Gasteiger partial charge in [0.25, 0.3) is 0 Å². The molecule has 18 heavy (non-hydrogen) atoms. The third-order valence-corrected chi connectivity index (χ3v) is 2.85. The number of terminal acetylenes is 1. The highest BCUT2D eigenvalue weighted by Gasteiger charge is 2.19. The molecule has 1 aliphatic carbocycles. The molecule has 0 fully saturated rings. The molecule has 0 bridgehead atoms. The number of carboxylic acid groups (broad SMARTS) is 1. The van der Waals surface area contributed by atoms with Crippen molar-refractivity contribution in [3.05, 3.63) is 11.8 Å². The third kappa shape index (κ3) is 4.22. The number of hydrogen-bond donors (Lipinski definition) is 1. The fraction of sp³-hybridized carbons (Fsp3) is 0.538. The van der Waals surface area contributed by atoms with Crippen molar-refractivity contribution in [3.63, 3.8) is 0 Å². The number of carboxylic acids is 1. The molecule has 0 atom stereocenters. The van der Waals surface area contributed by atoms with Gasteiger partial charge < -0.3 is 10.0 Å². The molecule has 0 unspecified atom stereocenters. The Bertz CT molecular complexity index is 396. The van der Waals surface area contributed by atoms with E-state index in [0.29, 0.717) is 0 Å². The monoisotopic (exact) mass is 250 g/mol. The van der Waals surface area contributed by atoms with E-state index in [1.54, 1.807) is 11.9 Å². The van der Waals surface area contributed by atoms with Gasteiger partial charge in [-0.1, -0.05) is 12.0 Å². The minimum atomic E-state index is -0.985. The van der Waals surface area contributed by atoms with Crippen LogP contribution in [0.2, 0.25) is 0 Å². The first kappa shape index (κ1) is 14.3. The highest BCUT2D eigenvalue weighted by atomic mass is 16.4. The lowest BCUT2D eigenvalue weighted by molar-refractivity contribution is -0.139. The maximum absolute atomic E-state index is 12.0. The Hall–Kier alpha value is -1.80. The van der Waals surface area contributed by atoms with Crippen LogP contribution in [0, 0.1) is 12.3 Å². The number of carbonyl (C=O) groups is 2. The predicted molar refractivity (Wildman–Crippen MR) is 67.6 cm³/mol. The number of likely N-dealkylation sites (N-methyl/N-ethyl adjacent to an activating group) is 1. The maximum Gasteiger partial charge on any atom is 0.317 e. The number of allylic oxidation sites excluding steroid dienone is 2. The van der Waals surface area contributed by atoms with Crippen LogP contribution in [0.1, 0.15) is 19.3 Å². The van der Waals surface area contributed by atoms with Crippen LogP contribution in [0.4, 0.5) is 0 Å². The van der Waals surface area contributed by atoms with Gasteiger partial charge in [0.1, 0.15) is 0 Å². The molecule has 0 aromatic carbocycles. The smallest absolute Gasteiger partial charge is 0.317 e. The first-order valence-corrected chi connectivity index (χ1v) is 5.87. The lowest BCUT2D eigenvalue weighted by Crippen LogP contribution is -2.40. The SMILES string of the molecule is C#CCN(CC(=O)O)CC(=O)N(C)C1=CCCC1. The van der Waals surface area contributed by atoms with Crippen LogP contribution >= 0.6 is 0 Å². The molecular formula is C13H18N2O3. The van der Waals surface area contributed by atoms with E-state index in [1.165, 1.54) is 4.90 Å². The Morgan fingerprint density at radius 2 is 2.22 bits per heavy atom. The Morgan fingerprint density at radius 1 is 1.50 bits per heavy atom. The van der Waals surface area contributed by atoms with Crippen molar-refractivity contribution in [1.29, 1.82) is 0 Å². The normalized spacial score (nSPS) is 14.2. The Kier molecular flexibility index (Phi) is 5.40. The molecule has 0 saturated heterocycles. The van der Waals surface area contributed by atoms with Gasteiger partial charge in [0, 0.05) is 12.7 Å². The van der Waals surface area contributed by atoms with E-state index in [4.69, 9.17) is 11.5 Å². The van der Waals surface area contributed by atoms with Crippen molar-refractivity contribution in [2.24, 2.45) is 0 Å². The lowest BCUT2D eigenvalue weighted by atomic mass is 10.3. The van der Waals surface area contributed by atoms with E-state index in [2.05, 4.69) is 5.92 Å². The summed E-state index contributed by atoms with van der Waals surface area (Å²) >= 11 is 0. The number of amides is 1. The predicted octanol–water partition coefficient (Wildman–Crippen LogP) is 0.532. The molecule has 1 N–H and O–H groups in total. The minimum Gasteiger partial charge on any atom is -0.480 e. The average Bonchev–Trinajstić information content (AvgIpc) is 2.80. The van der Waals surface area contributed by atoms with Crippen molar-refractivity contribution in [3.8, 4) is 12.3 Å². The van der Waals surface area contributed by atoms with E-state index in [-0.39, 0.29) is 25.5 Å². The molecule has 98 valence electrons. The topological polar surface area (TPSA) is 60.9 Å². The first-order chi connectivity index (χ1) is 8.54. The Labute approximate surface area is 107 Å². The number of aliphatic carboxylic acids is 1. The second-order valence-corrected chi connectivity index (χ2v) is 4.28. The number of carbonyl (C=O) groups excluding carboxylic acids is 1. The van der Waals surface area contributed by atoms with Crippen LogP contribution in [0.5, 0.6) is 0 Å². The summed E-state index contributed by atoms with van der Waals surface area (Å²) in [6.07, 6.45) is 10.2. The van der Waals surface area contributed by atoms with Crippen molar-refractivity contribution in [1.82, 2.24) is 9.80 Å². The van der Waals surface area contributed by atoms with Crippen LogP contribution < -0.4 is 0 Å². The summed E-state index contributed by atoms with van der Waals surface area (Å²) in [5, 5.41) is 8.73. The molecule has 1 rings (SSSR count). The highest BCUT2D eigenvalue weighted by Crippen LogP contribution is 2.20. The lowest BCUT2D eigenvalue weighted by Gasteiger charge is -2.23. The number of nitrogens with zero attached hydrogens (tertiary/aromatic N) is 2. The second kappa shape index (κ2) is 6.82. The van der Waals surface area contributed by atoms with Gasteiger partial charge in [-0.2, -0.15) is 0 Å². The molecule has 0 spiro atoms. The molecule has 0 saturated carbocycles. The molecule has 5 nitrogen and oxygen atoms in total. The van der Waals surface area contributed by atoms with E-state index >= 15 is 0 Å². The molecule has 0 aliphatic heterocycles. The van der Waals surface area contributed by atoms with Gasteiger partial charge in [0.05, 0.1) is 19.6 Å². The van der Waals surface area contributed by atoms with Crippen molar-refractivity contribution in [2.75, 3.05) is 26.7 Å². The zero-order valence-electron chi connectivity index (χ0n) is 10.6. The van der Waals surface area contributed by atoms with Crippen molar-refractivity contribution < 1.29 is 14.7 Å². The first-order valence-electron chi connectivity index (χ1n) is 5.87. The minimum absolute atomic E-state index is 0.0321. The maximum atomic E-state index is 12.0. The number of rotatable bonds is 6. The Balaban J connectivity index is 2.54. The molecule has 0 heterocycles. The zero-order valence-corrected chi connectivity index (χ0v) is 10.6. The van der Waals surface area contributed by atoms with Crippen LogP contribution in [0.15, 0.2) is 11.8 Å². The standard InChI is InChI=1S/C13H18N2O3/c1-3-8-15(10-13(17)18)9-12(16)14(2)11-6-4-5-7-11/h1,6H,4-5,7-10H2,2H3,(H,17,18). The van der Waals surface area contributed by atoms with Gasteiger partial charge in [-0.25, -0.2) is 0 Å². The van der Waals surface area contributed by atoms with Gasteiger partial charge >= 0.3 is 5.97 Å². The molecule has 0 aromatic rings. The summed E-state index contributed by atoms with van der Waals surface area (Å²) in [5.74, 6) is 1.25. The van der Waals surface area contributed by atoms with Crippen molar-refractivity contribution in [2.45, 2.75) is 19.3 Å². The van der Waals surface area contributed by atoms with Crippen LogP contribution in [0.25, 0.3) is 0 Å². The average molecular weight is 250 g/mol. The molecule has 0 aromatic heterocycles. The van der Waals surface area contributed by atoms with E-state index in [0.717, 1.165) is 25.0 Å². The fourth-order valence-corrected chi connectivity index (χ4v) is 1.90. The summed E-state index contributed by atoms with van der Waals surface area (Å²) in [5.41, 5.74) is 1.01. The van der Waals surface area contributed by atoms with E-state index in [1.807, 2.05) is 6.08 Å². The van der Waals surface area contributed by atoms with Crippen LogP contribution in [-0.4, -0.2) is 53.5 Å². The zero-order chi connectivity index (χ0) is 13.5. The van der Waals surface area contributed by atoms with Gasteiger partial charge in [0.2, 0.25) is 5.91 Å². The van der Waals surface area contributed by atoms with Gasteiger partial charge in [0.15, 0.2) is 0 Å². The molecule has 1 aliphatic rings. The van der Waals surface area contributed by atoms with Gasteiger partial charge in [-0.05, 0) is 19.3 Å². The van der Waals surface area contributed by atoms with Crippen LogP contribution in [0.3, 0.4) is 0 Å². The summed E-state index contributed by atoms with van der Waals surface area (Å²) in [7, 11) is 1.72.